The van der Waals surface area contributed by atoms with Crippen LogP contribution in [0, 0.1) is 11.8 Å². The van der Waals surface area contributed by atoms with E-state index in [1.54, 1.807) is 0 Å². The highest BCUT2D eigenvalue weighted by Gasteiger charge is 2.36. The molecule has 19 heavy (non-hydrogen) atoms. The van der Waals surface area contributed by atoms with Crippen molar-refractivity contribution in [2.24, 2.45) is 17.6 Å². The first-order chi connectivity index (χ1) is 9.02. The molecule has 0 aliphatic carbocycles. The number of nitrogens with one attached hydrogen (secondary N) is 1. The minimum atomic E-state index is -0.389. The van der Waals surface area contributed by atoms with E-state index in [2.05, 4.69) is 12.2 Å². The molecule has 2 amide bonds. The number of hydrogen-bond acceptors (Lipinski definition) is 3. The third-order valence-electron chi connectivity index (χ3n) is 4.68. The van der Waals surface area contributed by atoms with Gasteiger partial charge in [0.1, 0.15) is 0 Å². The van der Waals surface area contributed by atoms with Gasteiger partial charge >= 0.3 is 0 Å². The molecular weight excluding hydrogens is 242 g/mol. The zero-order chi connectivity index (χ0) is 14.0. The lowest BCUT2D eigenvalue weighted by Crippen LogP contribution is -2.58. The molecule has 5 nitrogen and oxygen atoms in total. The fourth-order valence-electron chi connectivity index (χ4n) is 3.02. The van der Waals surface area contributed by atoms with Crippen molar-refractivity contribution in [2.75, 3.05) is 13.1 Å². The second-order valence-electron chi connectivity index (χ2n) is 5.96. The number of piperidine rings is 2. The van der Waals surface area contributed by atoms with Gasteiger partial charge in [-0.05, 0) is 24.7 Å². The number of carbonyl (C=O) groups excluding carboxylic acids is 2. The highest BCUT2D eigenvalue weighted by molar-refractivity contribution is 5.82. The fraction of sp³-hybridized carbons (Fsp3) is 0.857. The van der Waals surface area contributed by atoms with E-state index >= 15 is 0 Å². The molecule has 4 unspecified atom stereocenters. The van der Waals surface area contributed by atoms with Gasteiger partial charge in [0.15, 0.2) is 0 Å². The van der Waals surface area contributed by atoms with Crippen LogP contribution in [-0.4, -0.2) is 41.9 Å². The number of amides is 2. The fourth-order valence-corrected chi connectivity index (χ4v) is 3.02. The summed E-state index contributed by atoms with van der Waals surface area (Å²) in [5, 5.41) is 3.03. The number of hydrogen-bond donors (Lipinski definition) is 2. The van der Waals surface area contributed by atoms with Gasteiger partial charge in [-0.25, -0.2) is 0 Å². The molecule has 0 aromatic rings. The molecule has 0 radical (unpaired) electrons. The van der Waals surface area contributed by atoms with Crippen LogP contribution in [0.3, 0.4) is 0 Å². The minimum Gasteiger partial charge on any atom is -0.353 e. The van der Waals surface area contributed by atoms with E-state index in [9.17, 15) is 9.59 Å². The molecule has 0 bridgehead atoms. The third-order valence-corrected chi connectivity index (χ3v) is 4.68. The SMILES string of the molecule is CCC(C)C(N)C(=O)N1CCC2NC(=O)CCC2C1. The summed E-state index contributed by atoms with van der Waals surface area (Å²) in [6.07, 6.45) is 3.25. The van der Waals surface area contributed by atoms with Gasteiger partial charge in [-0.2, -0.15) is 0 Å². The molecule has 4 atom stereocenters. The first-order valence-corrected chi connectivity index (χ1v) is 7.36. The van der Waals surface area contributed by atoms with Crippen LogP contribution in [0.4, 0.5) is 0 Å². The predicted molar refractivity (Wildman–Crippen MR) is 73.3 cm³/mol. The quantitative estimate of drug-likeness (QED) is 0.781. The van der Waals surface area contributed by atoms with E-state index in [1.165, 1.54) is 0 Å². The average molecular weight is 267 g/mol. The van der Waals surface area contributed by atoms with E-state index in [0.717, 1.165) is 25.8 Å². The van der Waals surface area contributed by atoms with Gasteiger partial charge in [-0.15, -0.1) is 0 Å². The topological polar surface area (TPSA) is 75.4 Å². The van der Waals surface area contributed by atoms with Gasteiger partial charge in [0.25, 0.3) is 0 Å². The van der Waals surface area contributed by atoms with Gasteiger partial charge in [0, 0.05) is 25.6 Å². The van der Waals surface area contributed by atoms with Crippen molar-refractivity contribution in [3.63, 3.8) is 0 Å². The Morgan fingerprint density at radius 2 is 2.26 bits per heavy atom. The van der Waals surface area contributed by atoms with Crippen LogP contribution in [0.5, 0.6) is 0 Å². The third kappa shape index (κ3) is 3.08. The largest absolute Gasteiger partial charge is 0.353 e. The molecule has 0 spiro atoms. The number of nitrogens with two attached hydrogens (primary N) is 1. The Labute approximate surface area is 114 Å². The van der Waals surface area contributed by atoms with E-state index in [4.69, 9.17) is 5.73 Å². The average Bonchev–Trinajstić information content (AvgIpc) is 2.44. The van der Waals surface area contributed by atoms with Crippen LogP contribution in [0.2, 0.25) is 0 Å². The highest BCUT2D eigenvalue weighted by Crippen LogP contribution is 2.26. The number of fused-ring (bicyclic) bond motifs is 1. The van der Waals surface area contributed by atoms with Gasteiger partial charge in [0.2, 0.25) is 11.8 Å². The van der Waals surface area contributed by atoms with Crippen molar-refractivity contribution >= 4 is 11.8 Å². The molecule has 2 saturated heterocycles. The maximum absolute atomic E-state index is 12.4. The monoisotopic (exact) mass is 267 g/mol. The van der Waals surface area contributed by atoms with Crippen LogP contribution in [0.15, 0.2) is 0 Å². The lowest BCUT2D eigenvalue weighted by atomic mass is 9.84. The Balaban J connectivity index is 1.93. The standard InChI is InChI=1S/C14H25N3O2/c1-3-9(2)13(15)14(19)17-7-6-11-10(8-17)4-5-12(18)16-11/h9-11,13H,3-8,15H2,1-2H3,(H,16,18). The molecular formula is C14H25N3O2. The molecule has 0 saturated carbocycles. The molecule has 0 aromatic heterocycles. The molecule has 5 heteroatoms. The first kappa shape index (κ1) is 14.3. The van der Waals surface area contributed by atoms with Crippen molar-refractivity contribution in [2.45, 2.75) is 51.6 Å². The van der Waals surface area contributed by atoms with Crippen molar-refractivity contribution in [3.05, 3.63) is 0 Å². The summed E-state index contributed by atoms with van der Waals surface area (Å²) in [6.45, 7) is 5.54. The highest BCUT2D eigenvalue weighted by atomic mass is 16.2. The number of rotatable bonds is 3. The summed E-state index contributed by atoms with van der Waals surface area (Å²) in [5.74, 6) is 0.845. The Kier molecular flexibility index (Phi) is 4.45. The van der Waals surface area contributed by atoms with Crippen molar-refractivity contribution in [1.29, 1.82) is 0 Å². The molecule has 2 aliphatic heterocycles. The Morgan fingerprint density at radius 1 is 1.53 bits per heavy atom. The summed E-state index contributed by atoms with van der Waals surface area (Å²) >= 11 is 0. The van der Waals surface area contributed by atoms with E-state index in [-0.39, 0.29) is 29.8 Å². The summed E-state index contributed by atoms with van der Waals surface area (Å²) in [5.41, 5.74) is 6.03. The summed E-state index contributed by atoms with van der Waals surface area (Å²) in [7, 11) is 0. The normalized spacial score (nSPS) is 30.3. The minimum absolute atomic E-state index is 0.0738. The lowest BCUT2D eigenvalue weighted by molar-refractivity contribution is -0.137. The van der Waals surface area contributed by atoms with E-state index in [1.807, 2.05) is 11.8 Å². The maximum atomic E-state index is 12.4. The van der Waals surface area contributed by atoms with E-state index < -0.39 is 0 Å². The van der Waals surface area contributed by atoms with Crippen LogP contribution in [-0.2, 0) is 9.59 Å². The van der Waals surface area contributed by atoms with Crippen molar-refractivity contribution < 1.29 is 9.59 Å². The Morgan fingerprint density at radius 3 is 2.95 bits per heavy atom. The first-order valence-electron chi connectivity index (χ1n) is 7.36. The predicted octanol–water partition coefficient (Wildman–Crippen LogP) is 0.487. The summed E-state index contributed by atoms with van der Waals surface area (Å²) in [4.78, 5) is 25.6. The molecule has 108 valence electrons. The molecule has 0 aromatic carbocycles. The van der Waals surface area contributed by atoms with Crippen LogP contribution < -0.4 is 11.1 Å². The Bertz CT molecular complexity index is 359. The number of nitrogens with zero attached hydrogens (tertiary/aromatic N) is 1. The van der Waals surface area contributed by atoms with E-state index in [0.29, 0.717) is 18.9 Å². The number of carbonyl (C=O) groups is 2. The summed E-state index contributed by atoms with van der Waals surface area (Å²) in [6, 6.07) is -0.134. The van der Waals surface area contributed by atoms with Crippen LogP contribution in [0.25, 0.3) is 0 Å². The van der Waals surface area contributed by atoms with Crippen molar-refractivity contribution in [1.82, 2.24) is 10.2 Å². The Hall–Kier alpha value is -1.10. The molecule has 2 aliphatic rings. The van der Waals surface area contributed by atoms with Crippen LogP contribution >= 0.6 is 0 Å². The second kappa shape index (κ2) is 5.90. The molecule has 2 fully saturated rings. The maximum Gasteiger partial charge on any atom is 0.239 e. The zero-order valence-electron chi connectivity index (χ0n) is 11.9. The van der Waals surface area contributed by atoms with Gasteiger partial charge in [-0.1, -0.05) is 20.3 Å². The van der Waals surface area contributed by atoms with Gasteiger partial charge in [0.05, 0.1) is 6.04 Å². The van der Waals surface area contributed by atoms with Gasteiger partial charge in [-0.3, -0.25) is 9.59 Å². The second-order valence-corrected chi connectivity index (χ2v) is 5.96. The zero-order valence-corrected chi connectivity index (χ0v) is 11.9. The summed E-state index contributed by atoms with van der Waals surface area (Å²) < 4.78 is 0. The molecule has 2 heterocycles. The molecule has 2 rings (SSSR count). The van der Waals surface area contributed by atoms with Crippen molar-refractivity contribution in [3.8, 4) is 0 Å². The number of likely N-dealkylation sites (tertiary alicyclic amines) is 1. The smallest absolute Gasteiger partial charge is 0.239 e. The molecule has 3 N–H and O–H groups in total. The van der Waals surface area contributed by atoms with Gasteiger partial charge < -0.3 is 16.0 Å². The lowest BCUT2D eigenvalue weighted by Gasteiger charge is -2.42. The van der Waals surface area contributed by atoms with Crippen LogP contribution in [0.1, 0.15) is 39.5 Å².